The summed E-state index contributed by atoms with van der Waals surface area (Å²) in [6.07, 6.45) is 0. The molecule has 0 heterocycles. The molecule has 19 heavy (non-hydrogen) atoms. The zero-order chi connectivity index (χ0) is 13.7. The van der Waals surface area contributed by atoms with Crippen LogP contribution < -0.4 is 10.5 Å². The summed E-state index contributed by atoms with van der Waals surface area (Å²) in [6, 6.07) is 13.3. The minimum Gasteiger partial charge on any atom is -0.495 e. The number of halogens is 1. The molecule has 0 fully saturated rings. The molecule has 0 radical (unpaired) electrons. The third-order valence-electron chi connectivity index (χ3n) is 2.72. The summed E-state index contributed by atoms with van der Waals surface area (Å²) in [5.41, 5.74) is 8.52. The molecule has 0 aliphatic carbocycles. The Labute approximate surface area is 117 Å². The molecule has 2 aromatic carbocycles. The van der Waals surface area contributed by atoms with E-state index in [-0.39, 0.29) is 0 Å². The average molecular weight is 278 g/mol. The van der Waals surface area contributed by atoms with Crippen LogP contribution in [0, 0.1) is 0 Å². The van der Waals surface area contributed by atoms with Crippen LogP contribution in [0.3, 0.4) is 0 Å². The lowest BCUT2D eigenvalue weighted by Crippen LogP contribution is -1.97. The van der Waals surface area contributed by atoms with E-state index in [0.717, 1.165) is 16.1 Å². The first kappa shape index (κ1) is 13.7. The van der Waals surface area contributed by atoms with Gasteiger partial charge in [0.15, 0.2) is 0 Å². The van der Waals surface area contributed by atoms with Crippen molar-refractivity contribution in [2.45, 2.75) is 13.2 Å². The number of benzene rings is 2. The Bertz CT molecular complexity index is 558. The Morgan fingerprint density at radius 3 is 2.42 bits per heavy atom. The molecule has 0 bridgehead atoms. The molecular weight excluding hydrogens is 262 g/mol. The minimum absolute atomic E-state index is 0.501. The lowest BCUT2D eigenvalue weighted by atomic mass is 10.2. The maximum Gasteiger partial charge on any atom is 0.141 e. The van der Waals surface area contributed by atoms with Gasteiger partial charge in [0.05, 0.1) is 26.0 Å². The van der Waals surface area contributed by atoms with Crippen molar-refractivity contribution in [3.05, 3.63) is 58.6 Å². The number of methoxy groups -OCH3 is 1. The topological polar surface area (TPSA) is 44.5 Å². The first-order valence-corrected chi connectivity index (χ1v) is 6.31. The van der Waals surface area contributed by atoms with E-state index in [1.165, 1.54) is 0 Å². The smallest absolute Gasteiger partial charge is 0.141 e. The predicted molar refractivity (Wildman–Crippen MR) is 77.4 cm³/mol. The quantitative estimate of drug-likeness (QED) is 0.849. The normalized spacial score (nSPS) is 10.4. The fourth-order valence-electron chi connectivity index (χ4n) is 1.79. The van der Waals surface area contributed by atoms with Gasteiger partial charge in [0.1, 0.15) is 5.75 Å². The predicted octanol–water partition coefficient (Wildman–Crippen LogP) is 3.65. The lowest BCUT2D eigenvalue weighted by molar-refractivity contribution is 0.107. The van der Waals surface area contributed by atoms with Crippen LogP contribution in [0.2, 0.25) is 5.02 Å². The standard InChI is InChI=1S/C15H16ClNO2/c1-18-15-6-5-12(8-14(15)17)10-19-9-11-3-2-4-13(16)7-11/h2-8H,9-10,17H2,1H3. The first-order chi connectivity index (χ1) is 9.19. The number of hydrogen-bond acceptors (Lipinski definition) is 3. The highest BCUT2D eigenvalue weighted by molar-refractivity contribution is 6.30. The van der Waals surface area contributed by atoms with Gasteiger partial charge >= 0.3 is 0 Å². The van der Waals surface area contributed by atoms with Gasteiger partial charge in [-0.2, -0.15) is 0 Å². The Morgan fingerprint density at radius 2 is 1.79 bits per heavy atom. The molecule has 3 nitrogen and oxygen atoms in total. The van der Waals surface area contributed by atoms with Crippen molar-refractivity contribution in [2.75, 3.05) is 12.8 Å². The molecule has 0 saturated heterocycles. The van der Waals surface area contributed by atoms with Crippen LogP contribution in [0.1, 0.15) is 11.1 Å². The van der Waals surface area contributed by atoms with Gasteiger partial charge in [-0.05, 0) is 35.4 Å². The van der Waals surface area contributed by atoms with E-state index in [4.69, 9.17) is 26.8 Å². The van der Waals surface area contributed by atoms with Crippen LogP contribution in [0.25, 0.3) is 0 Å². The molecule has 100 valence electrons. The second-order valence-corrected chi connectivity index (χ2v) is 4.64. The Hall–Kier alpha value is -1.71. The van der Waals surface area contributed by atoms with Gasteiger partial charge in [0, 0.05) is 5.02 Å². The maximum absolute atomic E-state index is 5.91. The van der Waals surface area contributed by atoms with Gasteiger partial charge < -0.3 is 15.2 Å². The largest absolute Gasteiger partial charge is 0.495 e. The first-order valence-electron chi connectivity index (χ1n) is 5.93. The zero-order valence-electron chi connectivity index (χ0n) is 10.7. The highest BCUT2D eigenvalue weighted by Gasteiger charge is 2.01. The van der Waals surface area contributed by atoms with Crippen molar-refractivity contribution < 1.29 is 9.47 Å². The third kappa shape index (κ3) is 3.88. The molecular formula is C15H16ClNO2. The molecule has 2 N–H and O–H groups in total. The summed E-state index contributed by atoms with van der Waals surface area (Å²) in [4.78, 5) is 0. The maximum atomic E-state index is 5.91. The molecule has 0 aliphatic heterocycles. The summed E-state index contributed by atoms with van der Waals surface area (Å²) in [7, 11) is 1.60. The summed E-state index contributed by atoms with van der Waals surface area (Å²) in [5.74, 6) is 0.679. The molecule has 2 rings (SSSR count). The molecule has 2 aromatic rings. The number of ether oxygens (including phenoxy) is 2. The van der Waals surface area contributed by atoms with Crippen LogP contribution >= 0.6 is 11.6 Å². The Kier molecular flexibility index (Phi) is 4.66. The monoisotopic (exact) mass is 277 g/mol. The van der Waals surface area contributed by atoms with Crippen LogP contribution in [0.15, 0.2) is 42.5 Å². The number of nitrogen functional groups attached to an aromatic ring is 1. The molecule has 0 unspecified atom stereocenters. The van der Waals surface area contributed by atoms with E-state index < -0.39 is 0 Å². The van der Waals surface area contributed by atoms with Gasteiger partial charge in [-0.15, -0.1) is 0 Å². The molecule has 0 atom stereocenters. The number of hydrogen-bond donors (Lipinski definition) is 1. The summed E-state index contributed by atoms with van der Waals surface area (Å²) >= 11 is 5.91. The highest BCUT2D eigenvalue weighted by Crippen LogP contribution is 2.22. The van der Waals surface area contributed by atoms with Crippen molar-refractivity contribution in [1.82, 2.24) is 0 Å². The molecule has 0 aliphatic rings. The van der Waals surface area contributed by atoms with Crippen LogP contribution in [0.4, 0.5) is 5.69 Å². The average Bonchev–Trinajstić information content (AvgIpc) is 2.39. The zero-order valence-corrected chi connectivity index (χ0v) is 11.5. The van der Waals surface area contributed by atoms with Crippen molar-refractivity contribution in [2.24, 2.45) is 0 Å². The highest BCUT2D eigenvalue weighted by atomic mass is 35.5. The van der Waals surface area contributed by atoms with E-state index in [1.807, 2.05) is 42.5 Å². The van der Waals surface area contributed by atoms with Crippen LogP contribution in [0.5, 0.6) is 5.75 Å². The van der Waals surface area contributed by atoms with E-state index in [0.29, 0.717) is 24.7 Å². The SMILES string of the molecule is COc1ccc(COCc2cccc(Cl)c2)cc1N. The van der Waals surface area contributed by atoms with E-state index >= 15 is 0 Å². The number of anilines is 1. The third-order valence-corrected chi connectivity index (χ3v) is 2.96. The Morgan fingerprint density at radius 1 is 1.05 bits per heavy atom. The fourth-order valence-corrected chi connectivity index (χ4v) is 2.00. The van der Waals surface area contributed by atoms with Crippen molar-refractivity contribution in [3.8, 4) is 5.75 Å². The summed E-state index contributed by atoms with van der Waals surface area (Å²) < 4.78 is 10.7. The minimum atomic E-state index is 0.501. The van der Waals surface area contributed by atoms with E-state index in [1.54, 1.807) is 7.11 Å². The van der Waals surface area contributed by atoms with E-state index in [9.17, 15) is 0 Å². The summed E-state index contributed by atoms with van der Waals surface area (Å²) in [5, 5.41) is 0.717. The van der Waals surface area contributed by atoms with Crippen molar-refractivity contribution in [3.63, 3.8) is 0 Å². The molecule has 4 heteroatoms. The van der Waals surface area contributed by atoms with Gasteiger partial charge in [-0.25, -0.2) is 0 Å². The molecule has 0 saturated carbocycles. The number of rotatable bonds is 5. The van der Waals surface area contributed by atoms with E-state index in [2.05, 4.69) is 0 Å². The van der Waals surface area contributed by atoms with Gasteiger partial charge in [-0.1, -0.05) is 29.8 Å². The molecule has 0 spiro atoms. The second-order valence-electron chi connectivity index (χ2n) is 4.20. The fraction of sp³-hybridized carbons (Fsp3) is 0.200. The van der Waals surface area contributed by atoms with Gasteiger partial charge in [-0.3, -0.25) is 0 Å². The second kappa shape index (κ2) is 6.45. The summed E-state index contributed by atoms with van der Waals surface area (Å²) in [6.45, 7) is 1.02. The van der Waals surface area contributed by atoms with Crippen LogP contribution in [-0.2, 0) is 18.0 Å². The van der Waals surface area contributed by atoms with Crippen molar-refractivity contribution in [1.29, 1.82) is 0 Å². The molecule has 0 amide bonds. The van der Waals surface area contributed by atoms with Crippen LogP contribution in [-0.4, -0.2) is 7.11 Å². The number of nitrogens with two attached hydrogens (primary N) is 1. The van der Waals surface area contributed by atoms with Gasteiger partial charge in [0.2, 0.25) is 0 Å². The van der Waals surface area contributed by atoms with Gasteiger partial charge in [0.25, 0.3) is 0 Å². The molecule has 0 aromatic heterocycles. The lowest BCUT2D eigenvalue weighted by Gasteiger charge is -2.08. The Balaban J connectivity index is 1.90. The van der Waals surface area contributed by atoms with Crippen molar-refractivity contribution >= 4 is 17.3 Å².